The van der Waals surface area contributed by atoms with E-state index >= 15 is 0 Å². The molecule has 0 saturated heterocycles. The van der Waals surface area contributed by atoms with Crippen LogP contribution in [0.2, 0.25) is 0 Å². The molecule has 0 spiro atoms. The van der Waals surface area contributed by atoms with Crippen LogP contribution in [0, 0.1) is 0 Å². The first-order valence-corrected chi connectivity index (χ1v) is 17.9. The highest BCUT2D eigenvalue weighted by Crippen LogP contribution is 2.11. The van der Waals surface area contributed by atoms with Crippen LogP contribution in [0.1, 0.15) is 98.3 Å². The minimum absolute atomic E-state index is 0.357. The summed E-state index contributed by atoms with van der Waals surface area (Å²) in [7, 11) is 1.69. The van der Waals surface area contributed by atoms with E-state index in [1.807, 2.05) is 20.8 Å². The molecule has 0 aromatic rings. The number of rotatable bonds is 36. The molecule has 0 rings (SSSR count). The SMILES string of the molecule is CCCCCCCCCCCCCOCCOCCOCCOCCOCCOCCOCCOCCN(C)C(=O)OC(C)(C)C. The van der Waals surface area contributed by atoms with Gasteiger partial charge in [0.25, 0.3) is 0 Å². The molecule has 0 aromatic carbocycles. The van der Waals surface area contributed by atoms with Crippen molar-refractivity contribution in [3.8, 4) is 0 Å². The van der Waals surface area contributed by atoms with Crippen molar-refractivity contribution < 1.29 is 47.4 Å². The van der Waals surface area contributed by atoms with Crippen LogP contribution in [0.25, 0.3) is 0 Å². The molecular formula is C35H71NO10. The van der Waals surface area contributed by atoms with Crippen molar-refractivity contribution in [1.82, 2.24) is 4.90 Å². The van der Waals surface area contributed by atoms with Gasteiger partial charge in [-0.25, -0.2) is 4.79 Å². The molecule has 11 heteroatoms. The number of hydrogen-bond acceptors (Lipinski definition) is 10. The zero-order valence-electron chi connectivity index (χ0n) is 30.3. The van der Waals surface area contributed by atoms with Gasteiger partial charge in [0, 0.05) is 20.2 Å². The molecule has 11 nitrogen and oxygen atoms in total. The van der Waals surface area contributed by atoms with Crippen LogP contribution in [0.15, 0.2) is 0 Å². The summed E-state index contributed by atoms with van der Waals surface area (Å²) < 4.78 is 49.5. The van der Waals surface area contributed by atoms with Crippen molar-refractivity contribution in [3.63, 3.8) is 0 Å². The minimum atomic E-state index is -0.503. The normalized spacial score (nSPS) is 11.8. The Morgan fingerprint density at radius 3 is 1.04 bits per heavy atom. The van der Waals surface area contributed by atoms with E-state index in [9.17, 15) is 4.79 Å². The molecule has 0 unspecified atom stereocenters. The van der Waals surface area contributed by atoms with E-state index in [1.165, 1.54) is 69.1 Å². The number of carbonyl (C=O) groups excluding carboxylic acids is 1. The zero-order valence-corrected chi connectivity index (χ0v) is 30.3. The summed E-state index contributed by atoms with van der Waals surface area (Å²) in [5.74, 6) is 0. The maximum absolute atomic E-state index is 11.9. The van der Waals surface area contributed by atoms with Crippen LogP contribution in [0.5, 0.6) is 0 Å². The number of nitrogens with zero attached hydrogens (tertiary/aromatic N) is 1. The van der Waals surface area contributed by atoms with Gasteiger partial charge in [0.05, 0.1) is 99.1 Å². The molecule has 0 atom stereocenters. The lowest BCUT2D eigenvalue weighted by Gasteiger charge is -2.24. The van der Waals surface area contributed by atoms with Crippen molar-refractivity contribution in [3.05, 3.63) is 0 Å². The Morgan fingerprint density at radius 1 is 0.435 bits per heavy atom. The molecule has 0 fully saturated rings. The van der Waals surface area contributed by atoms with Crippen LogP contribution in [-0.4, -0.2) is 136 Å². The fourth-order valence-corrected chi connectivity index (χ4v) is 4.14. The fourth-order valence-electron chi connectivity index (χ4n) is 4.14. The highest BCUT2D eigenvalue weighted by molar-refractivity contribution is 5.67. The Kier molecular flexibility index (Phi) is 34.5. The largest absolute Gasteiger partial charge is 0.444 e. The van der Waals surface area contributed by atoms with Crippen molar-refractivity contribution in [2.24, 2.45) is 0 Å². The van der Waals surface area contributed by atoms with E-state index in [-0.39, 0.29) is 6.09 Å². The van der Waals surface area contributed by atoms with Gasteiger partial charge >= 0.3 is 6.09 Å². The summed E-state index contributed by atoms with van der Waals surface area (Å²) in [4.78, 5) is 13.4. The number of ether oxygens (including phenoxy) is 9. The number of carbonyl (C=O) groups is 1. The zero-order chi connectivity index (χ0) is 33.8. The van der Waals surface area contributed by atoms with Gasteiger partial charge in [0.15, 0.2) is 0 Å². The summed E-state index contributed by atoms with van der Waals surface area (Å²) in [5, 5.41) is 0. The monoisotopic (exact) mass is 666 g/mol. The quantitative estimate of drug-likeness (QED) is 0.0709. The topological polar surface area (TPSA) is 103 Å². The molecule has 276 valence electrons. The van der Waals surface area contributed by atoms with Crippen molar-refractivity contribution in [1.29, 1.82) is 0 Å². The van der Waals surface area contributed by atoms with Crippen LogP contribution in [0.4, 0.5) is 4.79 Å². The number of unbranched alkanes of at least 4 members (excludes halogenated alkanes) is 10. The maximum Gasteiger partial charge on any atom is 0.410 e. The lowest BCUT2D eigenvalue weighted by molar-refractivity contribution is -0.0236. The molecule has 0 aliphatic heterocycles. The van der Waals surface area contributed by atoms with E-state index in [4.69, 9.17) is 42.6 Å². The second kappa shape index (κ2) is 35.3. The van der Waals surface area contributed by atoms with E-state index in [0.29, 0.717) is 106 Å². The molecule has 0 heterocycles. The molecule has 0 N–H and O–H groups in total. The van der Waals surface area contributed by atoms with E-state index < -0.39 is 5.60 Å². The highest BCUT2D eigenvalue weighted by Gasteiger charge is 2.19. The average Bonchev–Trinajstić information content (AvgIpc) is 3.02. The lowest BCUT2D eigenvalue weighted by Crippen LogP contribution is -2.36. The third-order valence-electron chi connectivity index (χ3n) is 6.77. The Bertz CT molecular complexity index is 621. The molecule has 1 amide bonds. The Labute approximate surface area is 281 Å². The van der Waals surface area contributed by atoms with Gasteiger partial charge < -0.3 is 47.5 Å². The van der Waals surface area contributed by atoms with Crippen molar-refractivity contribution in [2.45, 2.75) is 104 Å². The molecule has 0 bridgehead atoms. The summed E-state index contributed by atoms with van der Waals surface area (Å²) in [6.07, 6.45) is 14.5. The van der Waals surface area contributed by atoms with Gasteiger partial charge in [-0.05, 0) is 27.2 Å². The first-order chi connectivity index (χ1) is 22.4. The van der Waals surface area contributed by atoms with Gasteiger partial charge in [0.1, 0.15) is 5.60 Å². The Morgan fingerprint density at radius 2 is 0.717 bits per heavy atom. The molecular weight excluding hydrogens is 594 g/mol. The number of amides is 1. The Hall–Kier alpha value is -1.05. The second-order valence-electron chi connectivity index (χ2n) is 12.3. The first-order valence-electron chi connectivity index (χ1n) is 17.9. The first kappa shape index (κ1) is 45.0. The maximum atomic E-state index is 11.9. The van der Waals surface area contributed by atoms with E-state index in [1.54, 1.807) is 7.05 Å². The fraction of sp³-hybridized carbons (Fsp3) is 0.971. The van der Waals surface area contributed by atoms with Crippen LogP contribution in [-0.2, 0) is 42.6 Å². The third-order valence-corrected chi connectivity index (χ3v) is 6.77. The van der Waals surface area contributed by atoms with Gasteiger partial charge in [-0.1, -0.05) is 71.1 Å². The predicted molar refractivity (Wildman–Crippen MR) is 182 cm³/mol. The van der Waals surface area contributed by atoms with E-state index in [2.05, 4.69) is 6.92 Å². The summed E-state index contributed by atoms with van der Waals surface area (Å²) in [6, 6.07) is 0. The van der Waals surface area contributed by atoms with Gasteiger partial charge in [-0.15, -0.1) is 0 Å². The van der Waals surface area contributed by atoms with Crippen LogP contribution >= 0.6 is 0 Å². The second-order valence-corrected chi connectivity index (χ2v) is 12.3. The predicted octanol–water partition coefficient (Wildman–Crippen LogP) is 6.30. The van der Waals surface area contributed by atoms with Crippen molar-refractivity contribution >= 4 is 6.09 Å². The summed E-state index contributed by atoms with van der Waals surface area (Å²) >= 11 is 0. The smallest absolute Gasteiger partial charge is 0.410 e. The standard InChI is InChI=1S/C35H71NO10/c1-6-7-8-9-10-11-12-13-14-15-16-18-38-20-22-40-24-26-42-28-30-44-32-33-45-31-29-43-27-25-41-23-21-39-19-17-36(5)34(37)46-35(2,3)4/h6-33H2,1-5H3. The van der Waals surface area contributed by atoms with E-state index in [0.717, 1.165) is 13.0 Å². The molecule has 46 heavy (non-hydrogen) atoms. The summed E-state index contributed by atoms with van der Waals surface area (Å²) in [5.41, 5.74) is -0.503. The third kappa shape index (κ3) is 37.4. The molecule has 0 radical (unpaired) electrons. The molecule has 0 aliphatic rings. The molecule has 0 aliphatic carbocycles. The number of likely N-dealkylation sites (N-methyl/N-ethyl adjacent to an activating group) is 1. The van der Waals surface area contributed by atoms with Gasteiger partial charge in [0.2, 0.25) is 0 Å². The Balaban J connectivity index is 3.14. The van der Waals surface area contributed by atoms with Gasteiger partial charge in [-0.2, -0.15) is 0 Å². The van der Waals surface area contributed by atoms with Gasteiger partial charge in [-0.3, -0.25) is 0 Å². The summed E-state index contributed by atoms with van der Waals surface area (Å²) in [6.45, 7) is 16.9. The highest BCUT2D eigenvalue weighted by atomic mass is 16.6. The molecule has 0 aromatic heterocycles. The van der Waals surface area contributed by atoms with Crippen LogP contribution < -0.4 is 0 Å². The minimum Gasteiger partial charge on any atom is -0.444 e. The number of hydrogen-bond donors (Lipinski definition) is 0. The van der Waals surface area contributed by atoms with Crippen LogP contribution in [0.3, 0.4) is 0 Å². The lowest BCUT2D eigenvalue weighted by atomic mass is 10.1. The molecule has 0 saturated carbocycles. The average molecular weight is 666 g/mol. The van der Waals surface area contributed by atoms with Crippen molar-refractivity contribution in [2.75, 3.05) is 119 Å².